The Labute approximate surface area is 142 Å². The number of aromatic nitrogens is 1. The first-order valence-corrected chi connectivity index (χ1v) is 8.74. The lowest BCUT2D eigenvalue weighted by Crippen LogP contribution is -2.25. The standard InChI is InChI=1S/C20H22N2O2/c23-20(22-17-5-6-17)16-7-9-21-18(13-16)12-14-8-10-24-19-4-2-1-3-15(19)11-14/h1-4,7,9,13-14,17H,5-6,8,10-12H2,(H,22,23)/t14-/m1/s1. The fourth-order valence-electron chi connectivity index (χ4n) is 3.26. The summed E-state index contributed by atoms with van der Waals surface area (Å²) in [7, 11) is 0. The summed E-state index contributed by atoms with van der Waals surface area (Å²) in [5, 5.41) is 3.04. The second-order valence-corrected chi connectivity index (χ2v) is 6.80. The Kier molecular flexibility index (Phi) is 4.20. The monoisotopic (exact) mass is 322 g/mol. The minimum atomic E-state index is 0.0238. The van der Waals surface area contributed by atoms with Crippen molar-refractivity contribution in [1.29, 1.82) is 0 Å². The first-order valence-electron chi connectivity index (χ1n) is 8.74. The van der Waals surface area contributed by atoms with E-state index in [2.05, 4.69) is 22.4 Å². The van der Waals surface area contributed by atoms with Crippen molar-refractivity contribution in [2.24, 2.45) is 5.92 Å². The molecule has 1 aliphatic heterocycles. The maximum absolute atomic E-state index is 12.2. The molecule has 1 fully saturated rings. The fraction of sp³-hybridized carbons (Fsp3) is 0.400. The lowest BCUT2D eigenvalue weighted by molar-refractivity contribution is 0.0951. The van der Waals surface area contributed by atoms with E-state index in [1.165, 1.54) is 5.56 Å². The number of fused-ring (bicyclic) bond motifs is 1. The number of hydrogen-bond acceptors (Lipinski definition) is 3. The molecule has 4 nitrogen and oxygen atoms in total. The van der Waals surface area contributed by atoms with Crippen LogP contribution in [0.1, 0.15) is 40.9 Å². The van der Waals surface area contributed by atoms with Crippen molar-refractivity contribution in [2.75, 3.05) is 6.61 Å². The van der Waals surface area contributed by atoms with Crippen molar-refractivity contribution < 1.29 is 9.53 Å². The Balaban J connectivity index is 1.46. The van der Waals surface area contributed by atoms with Crippen LogP contribution in [0.3, 0.4) is 0 Å². The van der Waals surface area contributed by atoms with Gasteiger partial charge in [-0.25, -0.2) is 0 Å². The summed E-state index contributed by atoms with van der Waals surface area (Å²) in [4.78, 5) is 16.7. The SMILES string of the molecule is O=C(NC1CC1)c1ccnc(C[C@@H]2CCOc3ccccc3C2)c1. The van der Waals surface area contributed by atoms with Gasteiger partial charge in [0.05, 0.1) is 6.61 Å². The highest BCUT2D eigenvalue weighted by molar-refractivity contribution is 5.94. The molecule has 4 heteroatoms. The van der Waals surface area contributed by atoms with Crippen molar-refractivity contribution in [1.82, 2.24) is 10.3 Å². The highest BCUT2D eigenvalue weighted by Crippen LogP contribution is 2.28. The Bertz CT molecular complexity index is 740. The number of nitrogens with zero attached hydrogens (tertiary/aromatic N) is 1. The van der Waals surface area contributed by atoms with Crippen LogP contribution in [0.4, 0.5) is 0 Å². The van der Waals surface area contributed by atoms with Crippen molar-refractivity contribution in [2.45, 2.75) is 38.1 Å². The van der Waals surface area contributed by atoms with Crippen molar-refractivity contribution >= 4 is 5.91 Å². The number of carbonyl (C=O) groups excluding carboxylic acids is 1. The zero-order chi connectivity index (χ0) is 16.4. The normalized spacial score (nSPS) is 19.8. The van der Waals surface area contributed by atoms with Gasteiger partial charge >= 0.3 is 0 Å². The number of pyridine rings is 1. The second kappa shape index (κ2) is 6.63. The zero-order valence-electron chi connectivity index (χ0n) is 13.7. The Morgan fingerprint density at radius 3 is 2.96 bits per heavy atom. The smallest absolute Gasteiger partial charge is 0.251 e. The minimum absolute atomic E-state index is 0.0238. The molecule has 0 unspecified atom stereocenters. The van der Waals surface area contributed by atoms with Gasteiger partial charge in [-0.2, -0.15) is 0 Å². The average molecular weight is 322 g/mol. The van der Waals surface area contributed by atoms with Crippen LogP contribution in [0.15, 0.2) is 42.6 Å². The van der Waals surface area contributed by atoms with Crippen molar-refractivity contribution in [3.63, 3.8) is 0 Å². The molecule has 1 aromatic carbocycles. The molecule has 0 spiro atoms. The van der Waals surface area contributed by atoms with E-state index in [9.17, 15) is 4.79 Å². The molecule has 124 valence electrons. The van der Waals surface area contributed by atoms with Crippen LogP contribution in [0, 0.1) is 5.92 Å². The lowest BCUT2D eigenvalue weighted by atomic mass is 9.92. The van der Waals surface area contributed by atoms with Gasteiger partial charge in [0, 0.05) is 23.5 Å². The molecule has 0 radical (unpaired) electrons. The molecule has 24 heavy (non-hydrogen) atoms. The van der Waals surface area contributed by atoms with Crippen molar-refractivity contribution in [3.05, 3.63) is 59.4 Å². The number of amides is 1. The van der Waals surface area contributed by atoms with Gasteiger partial charge in [0.1, 0.15) is 5.75 Å². The predicted molar refractivity (Wildman–Crippen MR) is 92.2 cm³/mol. The maximum atomic E-state index is 12.2. The minimum Gasteiger partial charge on any atom is -0.493 e. The van der Waals surface area contributed by atoms with Crippen LogP contribution in [0.5, 0.6) is 5.75 Å². The first-order chi connectivity index (χ1) is 11.8. The third-order valence-electron chi connectivity index (χ3n) is 4.75. The van der Waals surface area contributed by atoms with Gasteiger partial charge in [-0.15, -0.1) is 0 Å². The number of nitrogens with one attached hydrogen (secondary N) is 1. The van der Waals surface area contributed by atoms with Gasteiger partial charge < -0.3 is 10.1 Å². The lowest BCUT2D eigenvalue weighted by Gasteiger charge is -2.13. The molecule has 1 aromatic heterocycles. The summed E-state index contributed by atoms with van der Waals surface area (Å²) >= 11 is 0. The molecule has 1 atom stereocenters. The third-order valence-corrected chi connectivity index (χ3v) is 4.75. The van der Waals surface area contributed by atoms with E-state index >= 15 is 0 Å². The van der Waals surface area contributed by atoms with Gasteiger partial charge in [0.15, 0.2) is 0 Å². The predicted octanol–water partition coefficient (Wildman–Crippen LogP) is 3.16. The number of rotatable bonds is 4. The molecule has 2 aliphatic rings. The first kappa shape index (κ1) is 15.2. The Morgan fingerprint density at radius 2 is 2.08 bits per heavy atom. The number of benzene rings is 1. The van der Waals surface area contributed by atoms with Gasteiger partial charge in [0.25, 0.3) is 5.91 Å². The Morgan fingerprint density at radius 1 is 1.21 bits per heavy atom. The van der Waals surface area contributed by atoms with E-state index in [4.69, 9.17) is 4.74 Å². The summed E-state index contributed by atoms with van der Waals surface area (Å²) in [6.07, 6.45) is 6.84. The van der Waals surface area contributed by atoms with Crippen molar-refractivity contribution in [3.8, 4) is 5.75 Å². The van der Waals surface area contributed by atoms with Crippen LogP contribution in [0.2, 0.25) is 0 Å². The highest BCUT2D eigenvalue weighted by atomic mass is 16.5. The van der Waals surface area contributed by atoms with E-state index in [-0.39, 0.29) is 5.91 Å². The molecule has 2 aromatic rings. The second-order valence-electron chi connectivity index (χ2n) is 6.80. The maximum Gasteiger partial charge on any atom is 0.251 e. The highest BCUT2D eigenvalue weighted by Gasteiger charge is 2.24. The van der Waals surface area contributed by atoms with Crippen LogP contribution in [-0.2, 0) is 12.8 Å². The van der Waals surface area contributed by atoms with Crippen LogP contribution < -0.4 is 10.1 Å². The largest absolute Gasteiger partial charge is 0.493 e. The molecule has 2 heterocycles. The van der Waals surface area contributed by atoms with Gasteiger partial charge in [-0.3, -0.25) is 9.78 Å². The molecule has 1 aliphatic carbocycles. The average Bonchev–Trinajstić information content (AvgIpc) is 3.41. The molecular weight excluding hydrogens is 300 g/mol. The number of hydrogen-bond donors (Lipinski definition) is 1. The fourth-order valence-corrected chi connectivity index (χ4v) is 3.26. The van der Waals surface area contributed by atoms with Gasteiger partial charge in [0.2, 0.25) is 0 Å². The van der Waals surface area contributed by atoms with E-state index in [1.807, 2.05) is 18.2 Å². The molecular formula is C20H22N2O2. The van der Waals surface area contributed by atoms with Gasteiger partial charge in [-0.05, 0) is 61.8 Å². The van der Waals surface area contributed by atoms with E-state index in [1.54, 1.807) is 12.3 Å². The molecule has 1 saturated carbocycles. The van der Waals surface area contributed by atoms with Gasteiger partial charge in [-0.1, -0.05) is 18.2 Å². The van der Waals surface area contributed by atoms with E-state index in [0.29, 0.717) is 12.0 Å². The molecule has 0 bridgehead atoms. The number of para-hydroxylation sites is 1. The summed E-state index contributed by atoms with van der Waals surface area (Å²) in [5.74, 6) is 1.52. The van der Waals surface area contributed by atoms with E-state index < -0.39 is 0 Å². The van der Waals surface area contributed by atoms with E-state index in [0.717, 1.165) is 55.7 Å². The summed E-state index contributed by atoms with van der Waals surface area (Å²) in [6.45, 7) is 0.740. The quantitative estimate of drug-likeness (QED) is 0.941. The van der Waals surface area contributed by atoms with Crippen LogP contribution >= 0.6 is 0 Å². The molecule has 0 saturated heterocycles. The number of carbonyl (C=O) groups is 1. The Hall–Kier alpha value is -2.36. The molecule has 4 rings (SSSR count). The molecule has 1 N–H and O–H groups in total. The van der Waals surface area contributed by atoms with Crippen LogP contribution in [0.25, 0.3) is 0 Å². The summed E-state index contributed by atoms with van der Waals surface area (Å²) in [5.41, 5.74) is 2.97. The summed E-state index contributed by atoms with van der Waals surface area (Å²) in [6, 6.07) is 12.4. The summed E-state index contributed by atoms with van der Waals surface area (Å²) < 4.78 is 5.84. The number of ether oxygens (including phenoxy) is 1. The zero-order valence-corrected chi connectivity index (χ0v) is 13.7. The third kappa shape index (κ3) is 3.58. The van der Waals surface area contributed by atoms with Crippen LogP contribution in [-0.4, -0.2) is 23.5 Å². The molecule has 1 amide bonds. The topological polar surface area (TPSA) is 51.2 Å².